The fraction of sp³-hybridized carbons (Fsp3) is 0.360. The van der Waals surface area contributed by atoms with Crippen molar-refractivity contribution in [3.05, 3.63) is 71.0 Å². The van der Waals surface area contributed by atoms with E-state index in [0.717, 1.165) is 31.2 Å². The van der Waals surface area contributed by atoms with Gasteiger partial charge in [-0.05, 0) is 73.9 Å². The van der Waals surface area contributed by atoms with Crippen LogP contribution in [-0.4, -0.2) is 0 Å². The van der Waals surface area contributed by atoms with Crippen molar-refractivity contribution in [2.45, 2.75) is 58.5 Å². The van der Waals surface area contributed by atoms with E-state index < -0.39 is 11.6 Å². The summed E-state index contributed by atoms with van der Waals surface area (Å²) >= 11 is 0. The van der Waals surface area contributed by atoms with Gasteiger partial charge in [-0.15, -0.1) is 0 Å². The van der Waals surface area contributed by atoms with Gasteiger partial charge < -0.3 is 9.15 Å². The number of hydrogen-bond donors (Lipinski definition) is 0. The summed E-state index contributed by atoms with van der Waals surface area (Å²) in [5.74, 6) is -1.61. The Morgan fingerprint density at radius 2 is 1.97 bits per heavy atom. The number of allylic oxidation sites excluding steroid dienone is 3. The van der Waals surface area contributed by atoms with Crippen molar-refractivity contribution in [2.24, 2.45) is 0 Å². The Bertz CT molecular complexity index is 1090. The summed E-state index contributed by atoms with van der Waals surface area (Å²) in [6, 6.07) is 7.27. The minimum atomic E-state index is -0.828. The molecular weight excluding hydrogens is 370 g/mol. The van der Waals surface area contributed by atoms with Crippen LogP contribution in [0.15, 0.2) is 52.7 Å². The Morgan fingerprint density at radius 1 is 1.10 bits per heavy atom. The first kappa shape index (κ1) is 19.7. The predicted molar refractivity (Wildman–Crippen MR) is 113 cm³/mol. The minimum Gasteiger partial charge on any atom is -0.493 e. The number of benzene rings is 2. The van der Waals surface area contributed by atoms with E-state index in [1.54, 1.807) is 6.07 Å². The molecule has 2 nitrogen and oxygen atoms in total. The largest absolute Gasteiger partial charge is 0.493 e. The second-order valence-corrected chi connectivity index (χ2v) is 7.69. The molecule has 0 N–H and O–H groups in total. The fourth-order valence-corrected chi connectivity index (χ4v) is 4.09. The van der Waals surface area contributed by atoms with Crippen molar-refractivity contribution in [1.82, 2.24) is 0 Å². The molecule has 4 rings (SSSR count). The topological polar surface area (TPSA) is 22.4 Å². The van der Waals surface area contributed by atoms with Gasteiger partial charge in [-0.3, -0.25) is 0 Å². The average Bonchev–Trinajstić information content (AvgIpc) is 3.10. The Labute approximate surface area is 169 Å². The molecule has 3 aromatic rings. The maximum atomic E-state index is 14.8. The molecule has 1 aromatic heterocycles. The summed E-state index contributed by atoms with van der Waals surface area (Å²) in [5, 5.41) is 0.812. The molecule has 0 saturated carbocycles. The lowest BCUT2D eigenvalue weighted by atomic mass is 9.96. The number of aryl methyl sites for hydroxylation is 1. The van der Waals surface area contributed by atoms with Crippen molar-refractivity contribution in [2.75, 3.05) is 0 Å². The molecule has 1 atom stereocenters. The molecule has 0 aliphatic carbocycles. The van der Waals surface area contributed by atoms with E-state index in [0.29, 0.717) is 35.0 Å². The second kappa shape index (κ2) is 8.40. The molecule has 1 aliphatic rings. The van der Waals surface area contributed by atoms with Crippen LogP contribution < -0.4 is 0 Å². The van der Waals surface area contributed by atoms with Crippen LogP contribution in [0.2, 0.25) is 0 Å². The van der Waals surface area contributed by atoms with Gasteiger partial charge in [0, 0.05) is 5.39 Å². The molecule has 0 fully saturated rings. The summed E-state index contributed by atoms with van der Waals surface area (Å²) in [6.07, 6.45) is 10.9. The highest BCUT2D eigenvalue weighted by Gasteiger charge is 2.22. The van der Waals surface area contributed by atoms with Crippen molar-refractivity contribution >= 4 is 21.9 Å². The number of hydrogen-bond acceptors (Lipinski definition) is 2. The summed E-state index contributed by atoms with van der Waals surface area (Å²) in [5.41, 5.74) is 3.64. The minimum absolute atomic E-state index is 0.0359. The van der Waals surface area contributed by atoms with Crippen molar-refractivity contribution < 1.29 is 17.9 Å². The molecule has 2 aromatic carbocycles. The third-order valence-corrected chi connectivity index (χ3v) is 5.63. The van der Waals surface area contributed by atoms with Gasteiger partial charge >= 0.3 is 0 Å². The van der Waals surface area contributed by atoms with E-state index in [9.17, 15) is 8.78 Å². The van der Waals surface area contributed by atoms with Crippen LogP contribution in [0.4, 0.5) is 8.78 Å². The van der Waals surface area contributed by atoms with Crippen molar-refractivity contribution in [3.63, 3.8) is 0 Å². The van der Waals surface area contributed by atoms with E-state index in [1.807, 2.05) is 43.5 Å². The Hall–Kier alpha value is -2.62. The zero-order valence-corrected chi connectivity index (χ0v) is 16.9. The van der Waals surface area contributed by atoms with Gasteiger partial charge in [-0.25, -0.2) is 8.78 Å². The normalized spacial score (nSPS) is 17.2. The van der Waals surface area contributed by atoms with Crippen LogP contribution in [0.1, 0.15) is 63.2 Å². The lowest BCUT2D eigenvalue weighted by Crippen LogP contribution is -2.07. The smallest absolute Gasteiger partial charge is 0.170 e. The quantitative estimate of drug-likeness (QED) is 0.395. The molecule has 0 spiro atoms. The highest BCUT2D eigenvalue weighted by Crippen LogP contribution is 2.37. The maximum Gasteiger partial charge on any atom is 0.170 e. The van der Waals surface area contributed by atoms with Crippen molar-refractivity contribution in [3.8, 4) is 0 Å². The standard InChI is InChI=1S/C25H26F2O2/c1-3-5-6-8-18-14-22-23(25(27)24(18)26)19-11-10-17(13-21(19)29-22)20-12-9-16(7-4-2)15-28-20/h3,5,10-11,13-15,20H,4,6-9,12H2,1-2H3/b5-3+. The predicted octanol–water partition coefficient (Wildman–Crippen LogP) is 7.91. The molecule has 0 amide bonds. The van der Waals surface area contributed by atoms with Crippen LogP contribution in [0.5, 0.6) is 0 Å². The van der Waals surface area contributed by atoms with Crippen LogP contribution in [0.25, 0.3) is 21.9 Å². The van der Waals surface area contributed by atoms with Crippen molar-refractivity contribution in [1.29, 1.82) is 0 Å². The first-order valence-electron chi connectivity index (χ1n) is 10.4. The SMILES string of the molecule is C/C=C/CCc1cc2oc3cc(C4CCC(CCC)=CO4)ccc3c2c(F)c1F. The van der Waals surface area contributed by atoms with Gasteiger partial charge in [-0.1, -0.05) is 31.6 Å². The summed E-state index contributed by atoms with van der Waals surface area (Å²) < 4.78 is 41.2. The molecule has 152 valence electrons. The summed E-state index contributed by atoms with van der Waals surface area (Å²) in [7, 11) is 0. The van der Waals surface area contributed by atoms with Crippen LogP contribution in [0, 0.1) is 11.6 Å². The molecule has 0 saturated heterocycles. The third-order valence-electron chi connectivity index (χ3n) is 5.63. The number of ether oxygens (including phenoxy) is 1. The van der Waals surface area contributed by atoms with E-state index >= 15 is 0 Å². The van der Waals surface area contributed by atoms with E-state index in [2.05, 4.69) is 6.92 Å². The van der Waals surface area contributed by atoms with Gasteiger partial charge in [0.15, 0.2) is 11.6 Å². The molecule has 4 heteroatoms. The van der Waals surface area contributed by atoms with E-state index in [-0.39, 0.29) is 11.5 Å². The number of halogens is 2. The maximum absolute atomic E-state index is 14.8. The highest BCUT2D eigenvalue weighted by atomic mass is 19.2. The lowest BCUT2D eigenvalue weighted by molar-refractivity contribution is 0.119. The summed E-state index contributed by atoms with van der Waals surface area (Å²) in [6.45, 7) is 4.07. The summed E-state index contributed by atoms with van der Waals surface area (Å²) in [4.78, 5) is 0. The molecule has 1 aliphatic heterocycles. The lowest BCUT2D eigenvalue weighted by Gasteiger charge is -2.23. The fourth-order valence-electron chi connectivity index (χ4n) is 4.09. The van der Waals surface area contributed by atoms with Crippen LogP contribution in [-0.2, 0) is 11.2 Å². The van der Waals surface area contributed by atoms with Gasteiger partial charge in [0.25, 0.3) is 0 Å². The molecule has 1 unspecified atom stereocenters. The Kier molecular flexibility index (Phi) is 5.70. The zero-order valence-electron chi connectivity index (χ0n) is 16.9. The van der Waals surface area contributed by atoms with Crippen LogP contribution in [0.3, 0.4) is 0 Å². The van der Waals surface area contributed by atoms with E-state index in [1.165, 1.54) is 5.57 Å². The van der Waals surface area contributed by atoms with Gasteiger partial charge in [0.1, 0.15) is 17.3 Å². The number of rotatable bonds is 6. The number of fused-ring (bicyclic) bond motifs is 3. The van der Waals surface area contributed by atoms with Gasteiger partial charge in [0.2, 0.25) is 0 Å². The molecular formula is C25H26F2O2. The number of furan rings is 1. The molecule has 29 heavy (non-hydrogen) atoms. The Morgan fingerprint density at radius 3 is 2.69 bits per heavy atom. The van der Waals surface area contributed by atoms with Gasteiger partial charge in [0.05, 0.1) is 11.6 Å². The molecule has 2 heterocycles. The second-order valence-electron chi connectivity index (χ2n) is 7.69. The van der Waals surface area contributed by atoms with E-state index in [4.69, 9.17) is 9.15 Å². The van der Waals surface area contributed by atoms with Crippen LogP contribution >= 0.6 is 0 Å². The highest BCUT2D eigenvalue weighted by molar-refractivity contribution is 6.05. The zero-order chi connectivity index (χ0) is 20.4. The first-order valence-corrected chi connectivity index (χ1v) is 10.4. The first-order chi connectivity index (χ1) is 14.1. The Balaban J connectivity index is 1.69. The molecule has 0 radical (unpaired) electrons. The monoisotopic (exact) mass is 396 g/mol. The molecule has 0 bridgehead atoms. The average molecular weight is 396 g/mol. The van der Waals surface area contributed by atoms with Gasteiger partial charge in [-0.2, -0.15) is 0 Å². The third kappa shape index (κ3) is 3.81.